The summed E-state index contributed by atoms with van der Waals surface area (Å²) in [6.45, 7) is 3.12. The van der Waals surface area contributed by atoms with Crippen molar-refractivity contribution in [3.63, 3.8) is 0 Å². The molecular formula is C25H28BFN4O8. The van der Waals surface area contributed by atoms with Crippen LogP contribution >= 0.6 is 0 Å². The number of carbonyl (C=O) groups excluding carboxylic acids is 3. The number of carbonyl (C=O) groups is 3. The molecule has 6 N–H and O–H groups in total. The lowest BCUT2D eigenvalue weighted by Gasteiger charge is -2.52. The second-order valence-electron chi connectivity index (χ2n) is 10.1. The van der Waals surface area contributed by atoms with Gasteiger partial charge in [-0.1, -0.05) is 12.1 Å². The van der Waals surface area contributed by atoms with Crippen LogP contribution in [-0.4, -0.2) is 99.1 Å². The van der Waals surface area contributed by atoms with Crippen molar-refractivity contribution in [2.75, 3.05) is 31.6 Å². The maximum absolute atomic E-state index is 14.7. The van der Waals surface area contributed by atoms with Gasteiger partial charge in [-0.05, 0) is 29.8 Å². The Balaban J connectivity index is 1.38. The van der Waals surface area contributed by atoms with Crippen molar-refractivity contribution in [3.05, 3.63) is 64.5 Å². The van der Waals surface area contributed by atoms with Gasteiger partial charge < -0.3 is 30.5 Å². The van der Waals surface area contributed by atoms with Crippen LogP contribution in [0.1, 0.15) is 27.0 Å². The van der Waals surface area contributed by atoms with Gasteiger partial charge in [-0.15, -0.1) is 0 Å². The molecule has 3 aliphatic rings. The molecule has 0 aromatic heterocycles. The number of hydrogen-bond donors (Lipinski definition) is 6. The number of aliphatic hydroxyl groups is 4. The number of nitrogens with zero attached hydrogens (tertiary/aromatic N) is 2. The maximum Gasteiger partial charge on any atom is 0.289 e. The van der Waals surface area contributed by atoms with Gasteiger partial charge in [0.1, 0.15) is 11.3 Å². The summed E-state index contributed by atoms with van der Waals surface area (Å²) in [7, 11) is 0.672. The molecule has 0 spiro atoms. The Hall–Kier alpha value is -3.40. The van der Waals surface area contributed by atoms with Gasteiger partial charge in [-0.25, -0.2) is 4.39 Å². The van der Waals surface area contributed by atoms with Crippen LogP contribution in [0.15, 0.2) is 36.4 Å². The Morgan fingerprint density at radius 3 is 2.49 bits per heavy atom. The highest BCUT2D eigenvalue weighted by Crippen LogP contribution is 2.41. The second-order valence-corrected chi connectivity index (χ2v) is 10.1. The van der Waals surface area contributed by atoms with E-state index in [2.05, 4.69) is 10.2 Å². The molecule has 3 aliphatic heterocycles. The summed E-state index contributed by atoms with van der Waals surface area (Å²) in [5.74, 6) is -8.04. The number of piperidine rings is 1. The molecule has 0 saturated carbocycles. The minimum absolute atomic E-state index is 0.0563. The highest BCUT2D eigenvalue weighted by molar-refractivity contribution is 6.25. The number of fused-ring (bicyclic) bond motifs is 1. The summed E-state index contributed by atoms with van der Waals surface area (Å²) < 4.78 is 20.0. The fraction of sp³-hybridized carbons (Fsp3) is 0.400. The van der Waals surface area contributed by atoms with Gasteiger partial charge in [0.2, 0.25) is 5.72 Å². The summed E-state index contributed by atoms with van der Waals surface area (Å²) in [4.78, 5) is 40.7. The Kier molecular flexibility index (Phi) is 6.73. The van der Waals surface area contributed by atoms with Crippen LogP contribution in [0.4, 0.5) is 10.1 Å². The largest absolute Gasteiger partial charge is 0.387 e. The lowest BCUT2D eigenvalue weighted by molar-refractivity contribution is -0.302. The van der Waals surface area contributed by atoms with Crippen molar-refractivity contribution in [2.45, 2.75) is 36.6 Å². The van der Waals surface area contributed by atoms with Gasteiger partial charge in [0.05, 0.1) is 19.8 Å². The molecule has 2 aromatic rings. The molecule has 2 fully saturated rings. The molecule has 0 aliphatic carbocycles. The highest BCUT2D eigenvalue weighted by Gasteiger charge is 2.73. The molecule has 39 heavy (non-hydrogen) atoms. The third-order valence-corrected chi connectivity index (χ3v) is 7.67. The van der Waals surface area contributed by atoms with E-state index in [0.29, 0.717) is 49.3 Å². The summed E-state index contributed by atoms with van der Waals surface area (Å²) in [6, 6.07) is 9.47. The van der Waals surface area contributed by atoms with Gasteiger partial charge >= 0.3 is 0 Å². The number of anilines is 1. The van der Waals surface area contributed by atoms with Gasteiger partial charge in [-0.3, -0.25) is 29.5 Å². The van der Waals surface area contributed by atoms with E-state index in [9.17, 15) is 39.2 Å². The normalized spacial score (nSPS) is 26.9. The predicted molar refractivity (Wildman–Crippen MR) is 135 cm³/mol. The molecule has 206 valence electrons. The Labute approximate surface area is 223 Å². The Bertz CT molecular complexity index is 1350. The van der Waals surface area contributed by atoms with Crippen molar-refractivity contribution in [2.24, 2.45) is 0 Å². The van der Waals surface area contributed by atoms with E-state index >= 15 is 0 Å². The number of ether oxygens (including phenoxy) is 1. The molecule has 2 saturated heterocycles. The van der Waals surface area contributed by atoms with Gasteiger partial charge in [0.15, 0.2) is 7.85 Å². The summed E-state index contributed by atoms with van der Waals surface area (Å²) in [5, 5.41) is 47.1. The van der Waals surface area contributed by atoms with Crippen LogP contribution in [0.2, 0.25) is 0 Å². The van der Waals surface area contributed by atoms with Crippen molar-refractivity contribution < 1.29 is 43.9 Å². The number of benzene rings is 2. The lowest BCUT2D eigenvalue weighted by atomic mass is 9.63. The molecule has 2 aromatic carbocycles. The predicted octanol–water partition coefficient (Wildman–Crippen LogP) is -2.43. The first-order valence-electron chi connectivity index (χ1n) is 12.4. The fourth-order valence-electron chi connectivity index (χ4n) is 5.18. The monoisotopic (exact) mass is 542 g/mol. The van der Waals surface area contributed by atoms with Crippen LogP contribution in [0, 0.1) is 5.82 Å². The lowest BCUT2D eigenvalue weighted by Crippen LogP contribution is -2.86. The summed E-state index contributed by atoms with van der Waals surface area (Å²) in [6.07, 6.45) is 0. The van der Waals surface area contributed by atoms with E-state index < -0.39 is 47.1 Å². The van der Waals surface area contributed by atoms with E-state index in [1.165, 1.54) is 12.1 Å². The van der Waals surface area contributed by atoms with Crippen LogP contribution < -0.4 is 10.6 Å². The Morgan fingerprint density at radius 1 is 1.05 bits per heavy atom. The van der Waals surface area contributed by atoms with Gasteiger partial charge in [0.25, 0.3) is 23.5 Å². The van der Waals surface area contributed by atoms with Crippen molar-refractivity contribution in [3.8, 4) is 0 Å². The first-order valence-corrected chi connectivity index (χ1v) is 12.4. The van der Waals surface area contributed by atoms with Gasteiger partial charge in [-0.2, -0.15) is 0 Å². The molecule has 12 nitrogen and oxygen atoms in total. The zero-order chi connectivity index (χ0) is 28.2. The average molecular weight is 542 g/mol. The molecule has 2 unspecified atom stereocenters. The third kappa shape index (κ3) is 4.29. The number of nitrogens with one attached hydrogen (secondary N) is 2. The zero-order valence-corrected chi connectivity index (χ0v) is 21.1. The van der Waals surface area contributed by atoms with Crippen molar-refractivity contribution in [1.29, 1.82) is 0 Å². The quantitative estimate of drug-likeness (QED) is 0.131. The third-order valence-electron chi connectivity index (χ3n) is 7.67. The first-order chi connectivity index (χ1) is 18.4. The molecule has 3 amide bonds. The number of morpholine rings is 1. The van der Waals surface area contributed by atoms with E-state index in [0.717, 1.165) is 18.7 Å². The smallest absolute Gasteiger partial charge is 0.289 e. The van der Waals surface area contributed by atoms with Crippen LogP contribution in [0.5, 0.6) is 0 Å². The highest BCUT2D eigenvalue weighted by atomic mass is 19.1. The molecule has 5 rings (SSSR count). The topological polar surface area (TPSA) is 172 Å². The van der Waals surface area contributed by atoms with Crippen LogP contribution in [0.25, 0.3) is 0 Å². The van der Waals surface area contributed by atoms with E-state index in [-0.39, 0.29) is 12.1 Å². The Morgan fingerprint density at radius 2 is 1.77 bits per heavy atom. The van der Waals surface area contributed by atoms with Crippen molar-refractivity contribution >= 4 is 31.3 Å². The summed E-state index contributed by atoms with van der Waals surface area (Å²) >= 11 is 0. The molecule has 14 heteroatoms. The fourth-order valence-corrected chi connectivity index (χ4v) is 5.18. The van der Waals surface area contributed by atoms with E-state index in [1.807, 2.05) is 0 Å². The molecule has 3 heterocycles. The van der Waals surface area contributed by atoms with Gasteiger partial charge in [0, 0.05) is 48.6 Å². The number of halogens is 1. The number of amides is 3. The van der Waals surface area contributed by atoms with Crippen molar-refractivity contribution in [1.82, 2.24) is 15.1 Å². The minimum Gasteiger partial charge on any atom is -0.387 e. The molecule has 0 bridgehead atoms. The van der Waals surface area contributed by atoms with E-state index in [4.69, 9.17) is 4.74 Å². The number of hydrogen-bond acceptors (Lipinski definition) is 10. The summed E-state index contributed by atoms with van der Waals surface area (Å²) in [5.41, 5.74) is -4.30. The zero-order valence-electron chi connectivity index (χ0n) is 21.1. The maximum atomic E-state index is 14.7. The second kappa shape index (κ2) is 9.66. The van der Waals surface area contributed by atoms with Crippen LogP contribution in [-0.2, 0) is 34.0 Å². The number of rotatable bonds is 6. The average Bonchev–Trinajstić information content (AvgIpc) is 3.25. The standard InChI is InChI=1S/C25H28BFN4O8/c26-25(38)23(35,21(33)29-22(34)24(25,36)37)31-13-17-16(20(31)32)2-1-3-19(17)28-11-15-10-14(4-5-18(15)27)12-30-6-8-39-9-7-30/h1-5,10,28,35-38H,6-9,11-13,26H2,(H,29,33,34). The molecule has 0 radical (unpaired) electrons. The minimum atomic E-state index is -3.59. The molecular weight excluding hydrogens is 514 g/mol. The van der Waals surface area contributed by atoms with Crippen LogP contribution in [0.3, 0.4) is 0 Å². The number of imide groups is 1. The SMILES string of the molecule is BC1(O)C(O)(O)C(=O)NC(=O)C1(O)N1Cc2c(NCc3cc(CN4CCOCC4)ccc3F)cccc2C1=O. The van der Waals surface area contributed by atoms with E-state index in [1.54, 1.807) is 29.6 Å². The molecule has 2 atom stereocenters. The first kappa shape index (κ1) is 27.2.